The summed E-state index contributed by atoms with van der Waals surface area (Å²) in [6.07, 6.45) is 3.93. The lowest BCUT2D eigenvalue weighted by Crippen LogP contribution is -2.48. The van der Waals surface area contributed by atoms with E-state index in [-0.39, 0.29) is 17.5 Å². The quantitative estimate of drug-likeness (QED) is 0.487. The molecule has 1 aromatic heterocycles. The number of piperidine rings is 1. The van der Waals surface area contributed by atoms with Crippen molar-refractivity contribution in [2.45, 2.75) is 38.7 Å². The second-order valence-electron chi connectivity index (χ2n) is 8.14. The van der Waals surface area contributed by atoms with Crippen LogP contribution in [0.2, 0.25) is 0 Å². The highest BCUT2D eigenvalue weighted by Crippen LogP contribution is 2.38. The van der Waals surface area contributed by atoms with Crippen molar-refractivity contribution in [2.75, 3.05) is 25.0 Å². The van der Waals surface area contributed by atoms with Crippen molar-refractivity contribution in [2.24, 2.45) is 4.99 Å². The first-order valence-corrected chi connectivity index (χ1v) is 12.0. The molecule has 0 unspecified atom stereocenters. The zero-order valence-electron chi connectivity index (χ0n) is 19.6. The van der Waals surface area contributed by atoms with Crippen LogP contribution in [-0.4, -0.2) is 55.1 Å². The Bertz CT molecular complexity index is 1130. The molecule has 1 aromatic carbocycles. The average Bonchev–Trinajstić information content (AvgIpc) is 3.15. The molecular formula is C25H30N4O4S. The number of urea groups is 1. The van der Waals surface area contributed by atoms with Crippen molar-refractivity contribution < 1.29 is 19.1 Å². The Hall–Kier alpha value is -3.46. The Morgan fingerprint density at radius 2 is 2.03 bits per heavy atom. The summed E-state index contributed by atoms with van der Waals surface area (Å²) >= 11 is 1.61. The molecule has 180 valence electrons. The number of fused-ring (bicyclic) bond motifs is 1. The van der Waals surface area contributed by atoms with Gasteiger partial charge in [-0.25, -0.2) is 4.79 Å². The average molecular weight is 483 g/mol. The molecule has 0 aliphatic carbocycles. The first kappa shape index (κ1) is 25.2. The number of hydrogen-bond acceptors (Lipinski definition) is 6. The number of amides is 3. The van der Waals surface area contributed by atoms with Gasteiger partial charge in [0, 0.05) is 37.2 Å². The number of anilines is 1. The second kappa shape index (κ2) is 11.1. The third-order valence-corrected chi connectivity index (χ3v) is 7.10. The molecule has 0 saturated carbocycles. The fraction of sp³-hybridized carbons (Fsp3) is 0.360. The Balaban J connectivity index is 0.000000192. The minimum atomic E-state index is -0.506. The number of benzene rings is 1. The Labute approximate surface area is 203 Å². The summed E-state index contributed by atoms with van der Waals surface area (Å²) in [5.74, 6) is 0.339. The van der Waals surface area contributed by atoms with Crippen LogP contribution in [0.5, 0.6) is 0 Å². The Morgan fingerprint density at radius 3 is 2.62 bits per heavy atom. The van der Waals surface area contributed by atoms with Crippen LogP contribution in [0.4, 0.5) is 9.80 Å². The molecule has 9 heteroatoms. The van der Waals surface area contributed by atoms with Crippen LogP contribution in [0.3, 0.4) is 0 Å². The van der Waals surface area contributed by atoms with Crippen LogP contribution < -0.4 is 10.6 Å². The van der Waals surface area contributed by atoms with Gasteiger partial charge in [0.1, 0.15) is 22.1 Å². The standard InChI is InChI=1S/C13H16N2O3.C12H14N2OS/c1-3-11-12(14-2)10(17)8-13(18-11)4-6-15(9-16)7-5-13;1-3-13-12(15)14-11-8(2)9-6-4-5-7-10(9)16-11/h3,9H,1-2,4-8H2;4-7H,3H2,1-2H3,(H2,13,14,15). The van der Waals surface area contributed by atoms with Gasteiger partial charge in [0.05, 0.1) is 6.42 Å². The van der Waals surface area contributed by atoms with Crippen molar-refractivity contribution in [3.05, 3.63) is 53.9 Å². The van der Waals surface area contributed by atoms with E-state index in [4.69, 9.17) is 4.74 Å². The van der Waals surface area contributed by atoms with Crippen molar-refractivity contribution in [1.82, 2.24) is 10.2 Å². The molecule has 2 aromatic rings. The molecule has 34 heavy (non-hydrogen) atoms. The molecular weight excluding hydrogens is 452 g/mol. The van der Waals surface area contributed by atoms with Crippen molar-refractivity contribution >= 4 is 51.4 Å². The molecule has 0 radical (unpaired) electrons. The number of nitrogens with one attached hydrogen (secondary N) is 2. The van der Waals surface area contributed by atoms with Gasteiger partial charge in [0.15, 0.2) is 5.78 Å². The number of nitrogens with zero attached hydrogens (tertiary/aromatic N) is 2. The van der Waals surface area contributed by atoms with E-state index in [0.717, 1.165) is 17.0 Å². The molecule has 3 heterocycles. The van der Waals surface area contributed by atoms with Crippen molar-refractivity contribution in [3.63, 3.8) is 0 Å². The number of carbonyl (C=O) groups is 3. The molecule has 1 saturated heterocycles. The molecule has 4 rings (SSSR count). The van der Waals surface area contributed by atoms with E-state index in [9.17, 15) is 14.4 Å². The molecule has 2 aliphatic heterocycles. The summed E-state index contributed by atoms with van der Waals surface area (Å²) in [6, 6.07) is 8.02. The number of thiophene rings is 1. The van der Waals surface area contributed by atoms with Gasteiger partial charge in [-0.2, -0.15) is 0 Å². The largest absolute Gasteiger partial charge is 0.484 e. The number of hydrogen-bond donors (Lipinski definition) is 2. The van der Waals surface area contributed by atoms with Gasteiger partial charge in [0.2, 0.25) is 6.41 Å². The number of allylic oxidation sites excluding steroid dienone is 2. The van der Waals surface area contributed by atoms with Gasteiger partial charge in [-0.3, -0.25) is 19.9 Å². The molecule has 2 aliphatic rings. The summed E-state index contributed by atoms with van der Waals surface area (Å²) in [7, 11) is 0. The highest BCUT2D eigenvalue weighted by Gasteiger charge is 2.43. The fourth-order valence-corrected chi connectivity index (χ4v) is 5.16. The fourth-order valence-electron chi connectivity index (χ4n) is 4.05. The number of aryl methyl sites for hydroxylation is 1. The van der Waals surface area contributed by atoms with E-state index in [0.29, 0.717) is 44.7 Å². The number of likely N-dealkylation sites (tertiary alicyclic amines) is 1. The molecule has 1 spiro atoms. The minimum absolute atomic E-state index is 0.0642. The number of ether oxygens (including phenoxy) is 1. The monoisotopic (exact) mass is 482 g/mol. The lowest BCUT2D eigenvalue weighted by Gasteiger charge is -2.42. The highest BCUT2D eigenvalue weighted by atomic mass is 32.1. The normalized spacial score (nSPS) is 16.9. The molecule has 0 atom stereocenters. The smallest absolute Gasteiger partial charge is 0.319 e. The number of Topliss-reactive ketones (excluding diaryl/α,β-unsaturated/α-hetero) is 1. The SMILES string of the molecule is C=CC1=C(N=C)C(=O)CC2(CCN(C=O)CC2)O1.CCNC(=O)Nc1sc2ccccc2c1C. The maximum atomic E-state index is 12.0. The number of carbonyl (C=O) groups excluding carboxylic acids is 3. The van der Waals surface area contributed by atoms with E-state index >= 15 is 0 Å². The predicted octanol–water partition coefficient (Wildman–Crippen LogP) is 4.42. The van der Waals surface area contributed by atoms with E-state index in [1.54, 1.807) is 16.2 Å². The second-order valence-corrected chi connectivity index (χ2v) is 9.19. The number of aliphatic imine (C=N–C) groups is 1. The van der Waals surface area contributed by atoms with Crippen LogP contribution in [0, 0.1) is 6.92 Å². The van der Waals surface area contributed by atoms with Gasteiger partial charge in [-0.05, 0) is 43.7 Å². The zero-order chi connectivity index (χ0) is 24.7. The topological polar surface area (TPSA) is 100 Å². The van der Waals surface area contributed by atoms with Gasteiger partial charge in [-0.1, -0.05) is 24.8 Å². The van der Waals surface area contributed by atoms with E-state index < -0.39 is 5.60 Å². The zero-order valence-corrected chi connectivity index (χ0v) is 20.4. The number of ketones is 1. The van der Waals surface area contributed by atoms with Crippen LogP contribution in [0.15, 0.2) is 53.4 Å². The maximum absolute atomic E-state index is 12.0. The summed E-state index contributed by atoms with van der Waals surface area (Å²) < 4.78 is 7.10. The molecule has 3 amide bonds. The van der Waals surface area contributed by atoms with Crippen LogP contribution in [-0.2, 0) is 14.3 Å². The van der Waals surface area contributed by atoms with E-state index in [1.807, 2.05) is 26.0 Å². The predicted molar refractivity (Wildman–Crippen MR) is 136 cm³/mol. The molecule has 0 bridgehead atoms. The first-order valence-electron chi connectivity index (χ1n) is 11.1. The summed E-state index contributed by atoms with van der Waals surface area (Å²) in [5, 5.41) is 7.72. The van der Waals surface area contributed by atoms with Gasteiger partial charge in [-0.15, -0.1) is 11.3 Å². The lowest BCUT2D eigenvalue weighted by atomic mass is 9.84. The molecule has 2 N–H and O–H groups in total. The Morgan fingerprint density at radius 1 is 1.32 bits per heavy atom. The summed E-state index contributed by atoms with van der Waals surface area (Å²) in [6.45, 7) is 12.8. The summed E-state index contributed by atoms with van der Waals surface area (Å²) in [5.41, 5.74) is 0.884. The van der Waals surface area contributed by atoms with Crippen molar-refractivity contribution in [3.8, 4) is 0 Å². The Kier molecular flexibility index (Phi) is 8.22. The first-order chi connectivity index (χ1) is 16.4. The third-order valence-electron chi connectivity index (χ3n) is 5.92. The maximum Gasteiger partial charge on any atom is 0.319 e. The van der Waals surface area contributed by atoms with Crippen LogP contribution >= 0.6 is 11.3 Å². The lowest BCUT2D eigenvalue weighted by molar-refractivity contribution is -0.132. The highest BCUT2D eigenvalue weighted by molar-refractivity contribution is 7.23. The third kappa shape index (κ3) is 5.53. The summed E-state index contributed by atoms with van der Waals surface area (Å²) in [4.78, 5) is 39.5. The van der Waals surface area contributed by atoms with E-state index in [1.165, 1.54) is 16.2 Å². The van der Waals surface area contributed by atoms with Gasteiger partial charge < -0.3 is 15.0 Å². The van der Waals surface area contributed by atoms with Gasteiger partial charge in [0.25, 0.3) is 0 Å². The van der Waals surface area contributed by atoms with Crippen LogP contribution in [0.1, 0.15) is 31.7 Å². The van der Waals surface area contributed by atoms with Crippen molar-refractivity contribution in [1.29, 1.82) is 0 Å². The molecule has 1 fully saturated rings. The number of rotatable bonds is 5. The van der Waals surface area contributed by atoms with Crippen LogP contribution in [0.25, 0.3) is 10.1 Å². The van der Waals surface area contributed by atoms with Gasteiger partial charge >= 0.3 is 6.03 Å². The van der Waals surface area contributed by atoms with E-state index in [2.05, 4.69) is 41.1 Å². The molecule has 8 nitrogen and oxygen atoms in total. The minimum Gasteiger partial charge on any atom is -0.484 e.